The maximum Gasteiger partial charge on any atom is 0.417 e. The topological polar surface area (TPSA) is 74.5 Å². The molecule has 0 aliphatic carbocycles. The molecule has 11 heteroatoms. The van der Waals surface area contributed by atoms with Crippen molar-refractivity contribution in [2.45, 2.75) is 48.7 Å². The van der Waals surface area contributed by atoms with Gasteiger partial charge < -0.3 is 24.6 Å². The third kappa shape index (κ3) is 4.43. The second-order valence-corrected chi connectivity index (χ2v) is 7.83. The summed E-state index contributed by atoms with van der Waals surface area (Å²) in [6, 6.07) is 4.11. The van der Waals surface area contributed by atoms with E-state index in [-0.39, 0.29) is 5.56 Å². The summed E-state index contributed by atoms with van der Waals surface area (Å²) in [5, 5.41) is 21.1. The highest BCUT2D eigenvalue weighted by molar-refractivity contribution is 8.14. The minimum absolute atomic E-state index is 0.200. The van der Waals surface area contributed by atoms with Crippen LogP contribution in [0.15, 0.2) is 29.3 Å². The fourth-order valence-electron chi connectivity index (χ4n) is 3.03. The number of ether oxygens (including phenoxy) is 2. The number of fused-ring (bicyclic) bond motifs is 1. The normalized spacial score (nSPS) is 31.3. The number of benzene rings is 1. The number of nitrogens with zero attached hydrogens (tertiary/aromatic N) is 2. The van der Waals surface area contributed by atoms with Crippen LogP contribution in [0.2, 0.25) is 0 Å². The number of rotatable bonds is 4. The van der Waals surface area contributed by atoms with Crippen LogP contribution in [0.5, 0.6) is 0 Å². The van der Waals surface area contributed by atoms with Crippen molar-refractivity contribution in [1.82, 2.24) is 4.90 Å². The first-order chi connectivity index (χ1) is 13.1. The number of amidine groups is 1. The van der Waals surface area contributed by atoms with Gasteiger partial charge in [-0.2, -0.15) is 13.2 Å². The molecule has 0 amide bonds. The van der Waals surface area contributed by atoms with E-state index in [4.69, 9.17) is 9.47 Å². The first kappa shape index (κ1) is 21.3. The number of hydrogen-bond donors (Lipinski definition) is 2. The van der Waals surface area contributed by atoms with Gasteiger partial charge >= 0.3 is 6.18 Å². The molecule has 1 saturated heterocycles. The van der Waals surface area contributed by atoms with Crippen molar-refractivity contribution in [3.8, 4) is 0 Å². The summed E-state index contributed by atoms with van der Waals surface area (Å²) in [5.41, 5.74) is -0.685. The first-order valence-electron chi connectivity index (χ1n) is 8.44. The van der Waals surface area contributed by atoms with E-state index >= 15 is 0 Å². The fraction of sp³-hybridized carbons (Fsp3) is 0.588. The van der Waals surface area contributed by atoms with Crippen molar-refractivity contribution in [1.29, 1.82) is 0 Å². The molecule has 2 heterocycles. The monoisotopic (exact) mass is 424 g/mol. The lowest BCUT2D eigenvalue weighted by Gasteiger charge is -2.41. The molecular weight excluding hydrogens is 404 g/mol. The van der Waals surface area contributed by atoms with Gasteiger partial charge in [-0.15, -0.1) is 0 Å². The van der Waals surface area contributed by atoms with Crippen LogP contribution in [0.25, 0.3) is 0 Å². The minimum Gasteiger partial charge on any atom is -0.388 e. The van der Waals surface area contributed by atoms with Crippen molar-refractivity contribution in [3.05, 3.63) is 35.6 Å². The summed E-state index contributed by atoms with van der Waals surface area (Å²) in [6.45, 7) is -0.536. The largest absolute Gasteiger partial charge is 0.417 e. The molecule has 0 radical (unpaired) electrons. The summed E-state index contributed by atoms with van der Waals surface area (Å²) in [7, 11) is 3.40. The van der Waals surface area contributed by atoms with E-state index in [0.29, 0.717) is 5.17 Å². The Bertz CT molecular complexity index is 733. The molecule has 2 N–H and O–H groups in total. The molecule has 156 valence electrons. The van der Waals surface area contributed by atoms with Crippen molar-refractivity contribution in [2.75, 3.05) is 14.1 Å². The van der Waals surface area contributed by atoms with Gasteiger partial charge in [0.25, 0.3) is 0 Å². The van der Waals surface area contributed by atoms with E-state index in [1.165, 1.54) is 12.1 Å². The van der Waals surface area contributed by atoms with E-state index in [2.05, 4.69) is 4.99 Å². The minimum atomic E-state index is -4.87. The number of alkyl halides is 3. The zero-order valence-corrected chi connectivity index (χ0v) is 15.8. The molecule has 0 aromatic heterocycles. The first-order valence-corrected chi connectivity index (χ1v) is 9.32. The molecule has 28 heavy (non-hydrogen) atoms. The Morgan fingerprint density at radius 2 is 2.00 bits per heavy atom. The molecule has 0 spiro atoms. The number of aliphatic imine (C=N–C) groups is 1. The van der Waals surface area contributed by atoms with E-state index in [0.717, 1.165) is 23.9 Å². The Balaban J connectivity index is 1.77. The predicted molar refractivity (Wildman–Crippen MR) is 94.2 cm³/mol. The van der Waals surface area contributed by atoms with Crippen LogP contribution < -0.4 is 0 Å². The van der Waals surface area contributed by atoms with Gasteiger partial charge in [0.2, 0.25) is 0 Å². The Labute approximate surface area is 163 Å². The standard InChI is InChI=1S/C17H20F4N2O4S/c1-23(2)16-22-10-11(24)12(25)13(27-15(10)28-16)14(17(19,20)21)26-7-8-4-3-5-9(18)6-8/h3-6,10-15,24-25H,7H2,1-2H3/t10-,11-,12+,13+,14+,15-/m1/s1. The number of aliphatic hydroxyl groups is 2. The second-order valence-electron chi connectivity index (χ2n) is 6.77. The quantitative estimate of drug-likeness (QED) is 0.718. The third-order valence-electron chi connectivity index (χ3n) is 4.41. The average molecular weight is 424 g/mol. The van der Waals surface area contributed by atoms with Crippen LogP contribution >= 0.6 is 11.8 Å². The van der Waals surface area contributed by atoms with E-state index in [1.54, 1.807) is 19.0 Å². The molecule has 3 rings (SSSR count). The number of thioether (sulfide) groups is 1. The highest BCUT2D eigenvalue weighted by atomic mass is 32.2. The second kappa shape index (κ2) is 8.15. The molecule has 0 bridgehead atoms. The number of aliphatic hydroxyl groups excluding tert-OH is 2. The molecule has 6 nitrogen and oxygen atoms in total. The van der Waals surface area contributed by atoms with Crippen LogP contribution in [-0.2, 0) is 16.1 Å². The van der Waals surface area contributed by atoms with Gasteiger partial charge in [-0.3, -0.25) is 4.99 Å². The Hall–Kier alpha value is -1.40. The Kier molecular flexibility index (Phi) is 6.20. The van der Waals surface area contributed by atoms with Gasteiger partial charge in [-0.1, -0.05) is 23.9 Å². The molecule has 6 atom stereocenters. The molecule has 0 unspecified atom stereocenters. The smallest absolute Gasteiger partial charge is 0.388 e. The lowest BCUT2D eigenvalue weighted by molar-refractivity contribution is -0.286. The molecule has 2 aliphatic rings. The molecule has 2 aliphatic heterocycles. The highest BCUT2D eigenvalue weighted by Gasteiger charge is 2.57. The van der Waals surface area contributed by atoms with Crippen molar-refractivity contribution in [3.63, 3.8) is 0 Å². The third-order valence-corrected chi connectivity index (χ3v) is 5.71. The van der Waals surface area contributed by atoms with Crippen LogP contribution in [0.1, 0.15) is 5.56 Å². The molecule has 0 saturated carbocycles. The number of halogens is 4. The zero-order chi connectivity index (χ0) is 20.6. The summed E-state index contributed by atoms with van der Waals surface area (Å²) in [6.07, 6.45) is -12.6. The van der Waals surface area contributed by atoms with Gasteiger partial charge in [-0.25, -0.2) is 4.39 Å². The summed E-state index contributed by atoms with van der Waals surface area (Å²) in [5.74, 6) is -0.604. The molecule has 1 aromatic carbocycles. The lowest BCUT2D eigenvalue weighted by Crippen LogP contribution is -2.61. The molecule has 1 aromatic rings. The molecular formula is C17H20F4N2O4S. The van der Waals surface area contributed by atoms with Crippen molar-refractivity contribution < 1.29 is 37.2 Å². The Morgan fingerprint density at radius 1 is 1.29 bits per heavy atom. The average Bonchev–Trinajstić information content (AvgIpc) is 3.03. The maximum atomic E-state index is 13.6. The van der Waals surface area contributed by atoms with E-state index in [1.807, 2.05) is 0 Å². The SMILES string of the molecule is CN(C)C1=N[C@@H]2[C@@H](O)[C@H](O)[C@@H]([C@H](OCc3cccc(F)c3)C(F)(F)F)O[C@@H]2S1. The predicted octanol–water partition coefficient (Wildman–Crippen LogP) is 1.75. The van der Waals surface area contributed by atoms with E-state index < -0.39 is 54.5 Å². The molecule has 1 fully saturated rings. The van der Waals surface area contributed by atoms with Crippen molar-refractivity contribution in [2.24, 2.45) is 4.99 Å². The van der Waals surface area contributed by atoms with Gasteiger partial charge in [0.1, 0.15) is 35.6 Å². The van der Waals surface area contributed by atoms with Gasteiger partial charge in [0, 0.05) is 14.1 Å². The zero-order valence-electron chi connectivity index (χ0n) is 15.0. The van der Waals surface area contributed by atoms with Gasteiger partial charge in [0.05, 0.1) is 6.61 Å². The summed E-state index contributed by atoms with van der Waals surface area (Å²) >= 11 is 1.07. The maximum absolute atomic E-state index is 13.6. The van der Waals surface area contributed by atoms with Crippen LogP contribution in [0.3, 0.4) is 0 Å². The van der Waals surface area contributed by atoms with Crippen LogP contribution in [0.4, 0.5) is 17.6 Å². The highest BCUT2D eigenvalue weighted by Crippen LogP contribution is 2.41. The Morgan fingerprint density at radius 3 is 2.61 bits per heavy atom. The number of hydrogen-bond acceptors (Lipinski definition) is 7. The van der Waals surface area contributed by atoms with Crippen LogP contribution in [-0.4, -0.2) is 76.4 Å². The fourth-order valence-corrected chi connectivity index (χ4v) is 4.18. The summed E-state index contributed by atoms with van der Waals surface area (Å²) in [4.78, 5) is 5.85. The van der Waals surface area contributed by atoms with Gasteiger partial charge in [0.15, 0.2) is 11.3 Å². The van der Waals surface area contributed by atoms with Gasteiger partial charge in [-0.05, 0) is 17.7 Å². The van der Waals surface area contributed by atoms with Crippen LogP contribution in [0, 0.1) is 5.82 Å². The summed E-state index contributed by atoms with van der Waals surface area (Å²) < 4.78 is 64.6. The van der Waals surface area contributed by atoms with E-state index in [9.17, 15) is 27.8 Å². The lowest BCUT2D eigenvalue weighted by atomic mass is 9.94. The van der Waals surface area contributed by atoms with Crippen molar-refractivity contribution >= 4 is 16.9 Å².